The van der Waals surface area contributed by atoms with E-state index in [4.69, 9.17) is 14.6 Å². The molecule has 0 bridgehead atoms. The summed E-state index contributed by atoms with van der Waals surface area (Å²) in [6, 6.07) is 9.92. The van der Waals surface area contributed by atoms with Crippen LogP contribution in [0.25, 0.3) is 0 Å². The fraction of sp³-hybridized carbons (Fsp3) is 0.188. The van der Waals surface area contributed by atoms with Crippen molar-refractivity contribution in [3.63, 3.8) is 0 Å². The summed E-state index contributed by atoms with van der Waals surface area (Å²) >= 11 is 1.20. The zero-order valence-electron chi connectivity index (χ0n) is 13.3. The summed E-state index contributed by atoms with van der Waals surface area (Å²) in [6.45, 7) is 0.0145. The minimum atomic E-state index is -3.96. The zero-order chi connectivity index (χ0) is 18.4. The summed E-state index contributed by atoms with van der Waals surface area (Å²) in [7, 11) is -2.61. The average Bonchev–Trinajstić information content (AvgIpc) is 2.58. The number of ether oxygens (including phenoxy) is 2. The molecule has 0 saturated heterocycles. The van der Waals surface area contributed by atoms with Crippen LogP contribution in [0.15, 0.2) is 52.3 Å². The lowest BCUT2D eigenvalue weighted by atomic mass is 10.2. The Bertz CT molecular complexity index is 871. The molecule has 0 atom stereocenters. The Morgan fingerprint density at radius 3 is 2.60 bits per heavy atom. The summed E-state index contributed by atoms with van der Waals surface area (Å²) in [5, 5.41) is 5.06. The van der Waals surface area contributed by atoms with Gasteiger partial charge in [0, 0.05) is 10.6 Å². The molecule has 0 aliphatic heterocycles. The van der Waals surface area contributed by atoms with Crippen molar-refractivity contribution in [1.29, 1.82) is 0 Å². The molecule has 0 saturated carbocycles. The summed E-state index contributed by atoms with van der Waals surface area (Å²) < 4.78 is 46.4. The number of benzene rings is 2. The molecule has 0 spiro atoms. The van der Waals surface area contributed by atoms with Gasteiger partial charge in [-0.15, -0.1) is 11.8 Å². The van der Waals surface area contributed by atoms with Gasteiger partial charge in [-0.25, -0.2) is 22.7 Å². The minimum absolute atomic E-state index is 0.0145. The van der Waals surface area contributed by atoms with Crippen LogP contribution in [0.1, 0.15) is 10.4 Å². The Balaban J connectivity index is 2.02. The lowest BCUT2D eigenvalue weighted by molar-refractivity contribution is 0.0526. The van der Waals surface area contributed by atoms with Crippen molar-refractivity contribution >= 4 is 27.8 Å². The predicted molar refractivity (Wildman–Crippen MR) is 91.8 cm³/mol. The first-order chi connectivity index (χ1) is 11.8. The van der Waals surface area contributed by atoms with E-state index in [1.807, 2.05) is 0 Å². The maximum Gasteiger partial charge on any atom is 0.341 e. The van der Waals surface area contributed by atoms with E-state index in [1.54, 1.807) is 18.2 Å². The molecule has 2 rings (SSSR count). The van der Waals surface area contributed by atoms with Crippen molar-refractivity contribution in [2.24, 2.45) is 5.14 Å². The molecule has 9 heteroatoms. The van der Waals surface area contributed by atoms with Crippen LogP contribution in [0.5, 0.6) is 5.75 Å². The first-order valence-corrected chi connectivity index (χ1v) is 9.61. The molecule has 0 aromatic heterocycles. The number of carbonyl (C=O) groups is 1. The number of carbonyl (C=O) groups excluding carboxylic acids is 1. The molecule has 2 aromatic rings. The van der Waals surface area contributed by atoms with E-state index >= 15 is 0 Å². The van der Waals surface area contributed by atoms with Gasteiger partial charge in [0.2, 0.25) is 10.0 Å². The summed E-state index contributed by atoms with van der Waals surface area (Å²) in [5.41, 5.74) is -0.0510. The quantitative estimate of drug-likeness (QED) is 0.447. The minimum Gasteiger partial charge on any atom is -0.496 e. The highest BCUT2D eigenvalue weighted by Crippen LogP contribution is 2.24. The summed E-state index contributed by atoms with van der Waals surface area (Å²) in [6.07, 6.45) is 0. The number of hydrogen-bond donors (Lipinski definition) is 1. The molecule has 0 fully saturated rings. The van der Waals surface area contributed by atoms with Crippen LogP contribution < -0.4 is 9.88 Å². The van der Waals surface area contributed by atoms with Crippen LogP contribution in [0.4, 0.5) is 4.39 Å². The van der Waals surface area contributed by atoms with Gasteiger partial charge in [-0.05, 0) is 30.3 Å². The molecule has 134 valence electrons. The van der Waals surface area contributed by atoms with Gasteiger partial charge in [-0.1, -0.05) is 12.1 Å². The molecule has 0 heterocycles. The second kappa shape index (κ2) is 8.32. The molecule has 0 radical (unpaired) electrons. The third-order valence-electron chi connectivity index (χ3n) is 3.13. The number of methoxy groups -OCH3 is 1. The molecule has 0 amide bonds. The molecule has 0 aliphatic carbocycles. The molecule has 25 heavy (non-hydrogen) atoms. The first-order valence-electron chi connectivity index (χ1n) is 7.08. The number of primary sulfonamides is 1. The van der Waals surface area contributed by atoms with Crippen LogP contribution >= 0.6 is 11.8 Å². The number of esters is 1. The zero-order valence-corrected chi connectivity index (χ0v) is 14.9. The normalized spacial score (nSPS) is 11.2. The van der Waals surface area contributed by atoms with Crippen molar-refractivity contribution in [1.82, 2.24) is 0 Å². The molecule has 6 nitrogen and oxygen atoms in total. The van der Waals surface area contributed by atoms with Crippen LogP contribution in [0.2, 0.25) is 0 Å². The Kier molecular flexibility index (Phi) is 6.40. The third kappa shape index (κ3) is 5.18. The van der Waals surface area contributed by atoms with E-state index in [-0.39, 0.29) is 28.6 Å². The standard InChI is InChI=1S/C16H16FNO5S2/c1-22-14-7-6-11(25(18,20)21)10-12(14)16(19)23-8-9-24-15-5-3-2-4-13(15)17/h2-7,10H,8-9H2,1H3,(H2,18,20,21). The maximum absolute atomic E-state index is 13.5. The third-order valence-corrected chi connectivity index (χ3v) is 5.05. The highest BCUT2D eigenvalue weighted by atomic mass is 32.2. The Morgan fingerprint density at radius 2 is 1.96 bits per heavy atom. The predicted octanol–water partition coefficient (Wildman–Crippen LogP) is 2.43. The molecular formula is C16H16FNO5S2. The maximum atomic E-state index is 13.5. The van der Waals surface area contributed by atoms with E-state index in [9.17, 15) is 17.6 Å². The second-order valence-electron chi connectivity index (χ2n) is 4.82. The van der Waals surface area contributed by atoms with E-state index in [1.165, 1.54) is 37.1 Å². The van der Waals surface area contributed by atoms with Crippen molar-refractivity contribution in [3.05, 3.63) is 53.8 Å². The van der Waals surface area contributed by atoms with Gasteiger partial charge in [0.05, 0.1) is 12.0 Å². The number of sulfonamides is 1. The lowest BCUT2D eigenvalue weighted by Crippen LogP contribution is -2.15. The Hall–Kier alpha value is -2.10. The highest BCUT2D eigenvalue weighted by molar-refractivity contribution is 7.99. The van der Waals surface area contributed by atoms with Gasteiger partial charge in [-0.2, -0.15) is 0 Å². The largest absolute Gasteiger partial charge is 0.496 e. The van der Waals surface area contributed by atoms with Crippen LogP contribution in [-0.2, 0) is 14.8 Å². The van der Waals surface area contributed by atoms with Crippen molar-refractivity contribution in [2.75, 3.05) is 19.5 Å². The number of hydrogen-bond acceptors (Lipinski definition) is 6. The fourth-order valence-electron chi connectivity index (χ4n) is 1.95. The Morgan fingerprint density at radius 1 is 1.24 bits per heavy atom. The molecule has 2 N–H and O–H groups in total. The first kappa shape index (κ1) is 19.2. The van der Waals surface area contributed by atoms with Crippen LogP contribution in [-0.4, -0.2) is 33.9 Å². The van der Waals surface area contributed by atoms with E-state index < -0.39 is 16.0 Å². The van der Waals surface area contributed by atoms with E-state index in [0.717, 1.165) is 6.07 Å². The van der Waals surface area contributed by atoms with Crippen molar-refractivity contribution < 1.29 is 27.1 Å². The molecule has 2 aromatic carbocycles. The van der Waals surface area contributed by atoms with Gasteiger partial charge in [-0.3, -0.25) is 0 Å². The smallest absolute Gasteiger partial charge is 0.341 e. The van der Waals surface area contributed by atoms with Gasteiger partial charge >= 0.3 is 5.97 Å². The van der Waals surface area contributed by atoms with Gasteiger partial charge < -0.3 is 9.47 Å². The average molecular weight is 385 g/mol. The van der Waals surface area contributed by atoms with Crippen LogP contribution in [0.3, 0.4) is 0 Å². The summed E-state index contributed by atoms with van der Waals surface area (Å²) in [4.78, 5) is 12.4. The summed E-state index contributed by atoms with van der Waals surface area (Å²) in [5.74, 6) is -0.596. The van der Waals surface area contributed by atoms with E-state index in [0.29, 0.717) is 10.6 Å². The number of halogens is 1. The SMILES string of the molecule is COc1ccc(S(N)(=O)=O)cc1C(=O)OCCSc1ccccc1F. The molecular weight excluding hydrogens is 369 g/mol. The fourth-order valence-corrected chi connectivity index (χ4v) is 3.26. The number of nitrogens with two attached hydrogens (primary N) is 1. The monoisotopic (exact) mass is 385 g/mol. The van der Waals surface area contributed by atoms with Gasteiger partial charge in [0.25, 0.3) is 0 Å². The molecule has 0 unspecified atom stereocenters. The molecule has 0 aliphatic rings. The van der Waals surface area contributed by atoms with Crippen LogP contribution in [0, 0.1) is 5.82 Å². The van der Waals surface area contributed by atoms with E-state index in [2.05, 4.69) is 0 Å². The highest BCUT2D eigenvalue weighted by Gasteiger charge is 2.18. The van der Waals surface area contributed by atoms with Gasteiger partial charge in [0.1, 0.15) is 23.7 Å². The Labute approximate surface area is 149 Å². The second-order valence-corrected chi connectivity index (χ2v) is 7.52. The number of rotatable bonds is 7. The lowest BCUT2D eigenvalue weighted by Gasteiger charge is -2.10. The van der Waals surface area contributed by atoms with Gasteiger partial charge in [0.15, 0.2) is 0 Å². The number of thioether (sulfide) groups is 1. The topological polar surface area (TPSA) is 95.7 Å². The van der Waals surface area contributed by atoms with Crippen molar-refractivity contribution in [3.8, 4) is 5.75 Å². The van der Waals surface area contributed by atoms with Crippen molar-refractivity contribution in [2.45, 2.75) is 9.79 Å².